The highest BCUT2D eigenvalue weighted by Crippen LogP contribution is 2.38. The lowest BCUT2D eigenvalue weighted by molar-refractivity contribution is -0.351. The van der Waals surface area contributed by atoms with E-state index in [1.807, 2.05) is 85.8 Å². The maximum absolute atomic E-state index is 14.0. The molecular weight excluding hydrogens is 1100 g/mol. The Morgan fingerprint density at radius 2 is 0.675 bits per heavy atom. The molecule has 0 saturated carbocycles. The maximum Gasteiger partial charge on any atom is 0.298 e. The molecule has 0 spiro atoms. The predicted molar refractivity (Wildman–Crippen MR) is 299 cm³/mol. The summed E-state index contributed by atoms with van der Waals surface area (Å²) in [7, 11) is -17.1. The molecule has 0 bridgehead atoms. The molecule has 0 atom stereocenters. The zero-order valence-electron chi connectivity index (χ0n) is 42.3. The molecule has 19 heteroatoms. The van der Waals surface area contributed by atoms with Gasteiger partial charge in [-0.05, 0) is 187 Å². The second-order valence-electron chi connectivity index (χ2n) is 18.1. The first-order valence-corrected chi connectivity index (χ1v) is 30.1. The number of nitrogens with one attached hydrogen (secondary N) is 1. The van der Waals surface area contributed by atoms with Gasteiger partial charge in [0.25, 0.3) is 20.2 Å². The molecular formula is C61H46NO14S4+. The molecule has 10 rings (SSSR count). The summed E-state index contributed by atoms with van der Waals surface area (Å²) in [6.45, 7) is 1.89. The zero-order chi connectivity index (χ0) is 56.4. The number of aromatic amines is 1. The highest BCUT2D eigenvalue weighted by atomic mass is 32.2. The minimum absolute atomic E-state index is 0.130. The third-order valence-electron chi connectivity index (χ3n) is 12.8. The summed E-state index contributed by atoms with van der Waals surface area (Å²) in [6.07, 6.45) is 0. The average molecular weight is 1150 g/mol. The van der Waals surface area contributed by atoms with Gasteiger partial charge in [0.05, 0.1) is 26.7 Å². The molecule has 0 aliphatic heterocycles. The van der Waals surface area contributed by atoms with Crippen LogP contribution in [-0.4, -0.2) is 49.9 Å². The standard InChI is InChI=1S/C61H45NO14S4/c1-40-9-29-52(30-10-40)77(63,64)53-31-27-49(28-32-53)74-48-23-15-43(16-24-48)56-7-4-8-57(62-56)44-17-25-51(26-18-44)76-59-36-34-55(39-61(59)80(70,71)72)78(65,66)54-33-35-58(60(38-54)79(67,68)69)75-50-21-13-42(14-22-50)46-6-3-5-45(37-46)41-11-19-47(73-2)20-12-41/h3-39H,1-2H3,(H,67,68,69)(H,70,71,72)/p+1. The van der Waals surface area contributed by atoms with E-state index in [9.17, 15) is 42.8 Å². The first-order valence-electron chi connectivity index (χ1n) is 24.2. The van der Waals surface area contributed by atoms with E-state index in [4.69, 9.17) is 18.9 Å². The molecule has 402 valence electrons. The number of ether oxygens (including phenoxy) is 4. The van der Waals surface area contributed by atoms with Crippen LogP contribution in [-0.2, 0) is 39.9 Å². The second-order valence-corrected chi connectivity index (χ2v) is 24.8. The number of benzene rings is 9. The summed E-state index contributed by atoms with van der Waals surface area (Å²) in [5.41, 5.74) is 7.60. The van der Waals surface area contributed by atoms with Crippen molar-refractivity contribution in [2.75, 3.05) is 7.11 Å². The van der Waals surface area contributed by atoms with Crippen LogP contribution in [0.5, 0.6) is 40.2 Å². The lowest BCUT2D eigenvalue weighted by Crippen LogP contribution is -2.10. The van der Waals surface area contributed by atoms with Crippen molar-refractivity contribution >= 4 is 39.9 Å². The number of aromatic nitrogens is 1. The Labute approximate surface area is 462 Å². The van der Waals surface area contributed by atoms with Crippen molar-refractivity contribution in [3.05, 3.63) is 230 Å². The number of methoxy groups -OCH3 is 1. The Morgan fingerprint density at radius 3 is 1.09 bits per heavy atom. The highest BCUT2D eigenvalue weighted by molar-refractivity contribution is 7.92. The molecule has 1 heterocycles. The summed E-state index contributed by atoms with van der Waals surface area (Å²) in [6, 6.07) is 59.8. The molecule has 80 heavy (non-hydrogen) atoms. The van der Waals surface area contributed by atoms with E-state index in [1.165, 1.54) is 12.1 Å². The quantitative estimate of drug-likeness (QED) is 0.0809. The molecule has 0 aliphatic rings. The normalized spacial score (nSPS) is 11.9. The van der Waals surface area contributed by atoms with Crippen LogP contribution in [0.15, 0.2) is 254 Å². The third kappa shape index (κ3) is 12.0. The monoisotopic (exact) mass is 1140 g/mol. The Bertz CT molecular complexity index is 4410. The molecule has 15 nitrogen and oxygen atoms in total. The van der Waals surface area contributed by atoms with Crippen LogP contribution in [0.4, 0.5) is 0 Å². The first kappa shape index (κ1) is 54.4. The van der Waals surface area contributed by atoms with Gasteiger partial charge < -0.3 is 18.9 Å². The van der Waals surface area contributed by atoms with Crippen LogP contribution in [0.1, 0.15) is 5.56 Å². The number of sulfone groups is 2. The van der Waals surface area contributed by atoms with E-state index < -0.39 is 71.0 Å². The van der Waals surface area contributed by atoms with Crippen molar-refractivity contribution in [3.63, 3.8) is 0 Å². The number of hydrogen-bond donors (Lipinski definition) is 2. The number of hydrogen-bond acceptors (Lipinski definition) is 12. The molecule has 3 N–H and O–H groups in total. The van der Waals surface area contributed by atoms with Gasteiger partial charge in [0.2, 0.25) is 31.1 Å². The lowest BCUT2D eigenvalue weighted by atomic mass is 9.99. The van der Waals surface area contributed by atoms with Gasteiger partial charge in [0, 0.05) is 23.3 Å². The minimum atomic E-state index is -5.13. The smallest absolute Gasteiger partial charge is 0.298 e. The number of H-pyrrole nitrogens is 1. The van der Waals surface area contributed by atoms with Crippen molar-refractivity contribution < 1.29 is 66.7 Å². The van der Waals surface area contributed by atoms with Crippen molar-refractivity contribution in [1.82, 2.24) is 0 Å². The zero-order valence-corrected chi connectivity index (χ0v) is 45.6. The van der Waals surface area contributed by atoms with Crippen molar-refractivity contribution in [1.29, 1.82) is 0 Å². The number of rotatable bonds is 17. The van der Waals surface area contributed by atoms with E-state index in [0.717, 1.165) is 69.1 Å². The van der Waals surface area contributed by atoms with E-state index >= 15 is 0 Å². The maximum atomic E-state index is 14.0. The fourth-order valence-corrected chi connectivity index (χ4v) is 12.5. The molecule has 0 unspecified atom stereocenters. The average Bonchev–Trinajstić information content (AvgIpc) is 3.55. The number of pyridine rings is 1. The minimum Gasteiger partial charge on any atom is -0.497 e. The van der Waals surface area contributed by atoms with Gasteiger partial charge in [-0.15, -0.1) is 0 Å². The van der Waals surface area contributed by atoms with E-state index in [2.05, 4.69) is 4.98 Å². The van der Waals surface area contributed by atoms with Crippen LogP contribution < -0.4 is 23.9 Å². The SMILES string of the molecule is COc1ccc(-c2cccc(-c3ccc(Oc4ccc(S(=O)(=O)c5ccc(Oc6ccc(-c7cccc(-c8ccc(Oc9ccc(S(=O)(=O)c%10ccc(C)cc%10)cc9)cc8)[nH+]7)cc6)c(S(=O)(=O)O)c5)cc4S(=O)(=O)O)cc3)c2)cc1. The van der Waals surface area contributed by atoms with Gasteiger partial charge in [-0.3, -0.25) is 9.11 Å². The Kier molecular flexibility index (Phi) is 15.0. The van der Waals surface area contributed by atoms with Gasteiger partial charge in [0.15, 0.2) is 0 Å². The number of aryl methyl sites for hydroxylation is 1. The summed E-state index contributed by atoms with van der Waals surface area (Å²) in [5.74, 6) is 1.20. The molecule has 9 aromatic carbocycles. The van der Waals surface area contributed by atoms with Crippen LogP contribution >= 0.6 is 0 Å². The molecule has 0 aliphatic carbocycles. The van der Waals surface area contributed by atoms with E-state index in [1.54, 1.807) is 104 Å². The third-order valence-corrected chi connectivity index (χ3v) is 18.0. The molecule has 0 saturated heterocycles. The van der Waals surface area contributed by atoms with Gasteiger partial charge in [-0.1, -0.05) is 60.2 Å². The van der Waals surface area contributed by atoms with E-state index in [0.29, 0.717) is 34.9 Å². The highest BCUT2D eigenvalue weighted by Gasteiger charge is 2.28. The topological polar surface area (TPSA) is 228 Å². The van der Waals surface area contributed by atoms with Gasteiger partial charge in [-0.2, -0.15) is 16.8 Å². The second kappa shape index (κ2) is 22.1. The van der Waals surface area contributed by atoms with Gasteiger partial charge in [0.1, 0.15) is 50.0 Å². The van der Waals surface area contributed by atoms with Crippen LogP contribution in [0, 0.1) is 6.92 Å². The fourth-order valence-electron chi connectivity index (χ4n) is 8.54. The van der Waals surface area contributed by atoms with Gasteiger partial charge >= 0.3 is 0 Å². The molecule has 0 radical (unpaired) electrons. The Balaban J connectivity index is 0.812. The van der Waals surface area contributed by atoms with Crippen molar-refractivity contribution in [3.8, 4) is 85.0 Å². The largest absolute Gasteiger partial charge is 0.497 e. The van der Waals surface area contributed by atoms with Crippen LogP contribution in [0.2, 0.25) is 0 Å². The van der Waals surface area contributed by atoms with Crippen LogP contribution in [0.3, 0.4) is 0 Å². The Hall–Kier alpha value is -8.95. The molecule has 10 aromatic rings. The summed E-state index contributed by atoms with van der Waals surface area (Å²) in [5, 5.41) is 0. The predicted octanol–water partition coefficient (Wildman–Crippen LogP) is 13.0. The van der Waals surface area contributed by atoms with Crippen molar-refractivity contribution in [2.45, 2.75) is 36.3 Å². The lowest BCUT2D eigenvalue weighted by Gasteiger charge is -2.14. The van der Waals surface area contributed by atoms with Crippen molar-refractivity contribution in [2.24, 2.45) is 0 Å². The molecule has 1 aromatic heterocycles. The summed E-state index contributed by atoms with van der Waals surface area (Å²) in [4.78, 5) is 0.677. The molecule has 0 amide bonds. The summed E-state index contributed by atoms with van der Waals surface area (Å²) < 4.78 is 149. The fraction of sp³-hybridized carbons (Fsp3) is 0.0328. The van der Waals surface area contributed by atoms with E-state index in [-0.39, 0.29) is 21.3 Å². The summed E-state index contributed by atoms with van der Waals surface area (Å²) >= 11 is 0. The van der Waals surface area contributed by atoms with Crippen LogP contribution in [0.25, 0.3) is 44.8 Å². The first-order chi connectivity index (χ1) is 38.2. The van der Waals surface area contributed by atoms with Gasteiger partial charge in [-0.25, -0.2) is 21.8 Å². The molecule has 0 fully saturated rings. The Morgan fingerprint density at radius 1 is 0.338 bits per heavy atom.